The van der Waals surface area contributed by atoms with Gasteiger partial charge in [0.1, 0.15) is 12.7 Å². The first-order valence-electron chi connectivity index (χ1n) is 9.61. The number of hydrogen-bond donors (Lipinski definition) is 0. The molecule has 1 fully saturated rings. The number of nitrogens with zero attached hydrogens (tertiary/aromatic N) is 4. The number of hydrogen-bond acceptors (Lipinski definition) is 3. The summed E-state index contributed by atoms with van der Waals surface area (Å²) in [5.74, 6) is 0.127. The van der Waals surface area contributed by atoms with Gasteiger partial charge in [-0.1, -0.05) is 36.4 Å². The fraction of sp³-hybridized carbons (Fsp3) is 0.318. The Morgan fingerprint density at radius 3 is 2.63 bits per heavy atom. The molecule has 2 aromatic carbocycles. The number of carbonyl (C=O) groups is 1. The molecule has 5 nitrogen and oxygen atoms in total. The van der Waals surface area contributed by atoms with Gasteiger partial charge >= 0.3 is 0 Å². The minimum atomic E-state index is 0.127. The van der Waals surface area contributed by atoms with Gasteiger partial charge in [-0.3, -0.25) is 9.36 Å². The molecule has 0 radical (unpaired) electrons. The van der Waals surface area contributed by atoms with Crippen molar-refractivity contribution < 1.29 is 4.79 Å². The van der Waals surface area contributed by atoms with Crippen molar-refractivity contribution in [3.05, 3.63) is 78.4 Å². The van der Waals surface area contributed by atoms with Crippen molar-refractivity contribution in [2.45, 2.75) is 38.1 Å². The minimum Gasteiger partial charge on any atom is -0.336 e. The predicted octanol–water partition coefficient (Wildman–Crippen LogP) is 3.89. The maximum Gasteiger partial charge on any atom is 0.254 e. The number of aryl methyl sites for hydroxylation is 1. The first-order chi connectivity index (χ1) is 13.3. The van der Waals surface area contributed by atoms with Crippen LogP contribution in [-0.2, 0) is 6.42 Å². The molecular formula is C22H24N4O. The molecule has 4 rings (SSSR count). The summed E-state index contributed by atoms with van der Waals surface area (Å²) in [5, 5.41) is 7.69. The quantitative estimate of drug-likeness (QED) is 0.693. The normalized spacial score (nSPS) is 17.0. The summed E-state index contributed by atoms with van der Waals surface area (Å²) in [6.07, 6.45) is 8.68. The van der Waals surface area contributed by atoms with Gasteiger partial charge in [0.2, 0.25) is 0 Å². The van der Waals surface area contributed by atoms with Crippen LogP contribution in [0.15, 0.2) is 67.3 Å². The molecular weight excluding hydrogens is 336 g/mol. The van der Waals surface area contributed by atoms with E-state index in [-0.39, 0.29) is 5.91 Å². The Bertz CT molecular complexity index is 876. The van der Waals surface area contributed by atoms with E-state index < -0.39 is 0 Å². The van der Waals surface area contributed by atoms with Gasteiger partial charge in [0.05, 0.1) is 0 Å². The molecule has 27 heavy (non-hydrogen) atoms. The van der Waals surface area contributed by atoms with Gasteiger partial charge in [-0.15, -0.1) is 10.2 Å². The minimum absolute atomic E-state index is 0.127. The van der Waals surface area contributed by atoms with Crippen molar-refractivity contribution in [3.63, 3.8) is 0 Å². The van der Waals surface area contributed by atoms with Gasteiger partial charge in [-0.25, -0.2) is 0 Å². The number of aromatic nitrogens is 3. The molecule has 5 heteroatoms. The van der Waals surface area contributed by atoms with E-state index in [2.05, 4.69) is 39.4 Å². The van der Waals surface area contributed by atoms with Crippen molar-refractivity contribution in [3.8, 4) is 5.69 Å². The number of benzene rings is 2. The van der Waals surface area contributed by atoms with Crippen molar-refractivity contribution in [2.75, 3.05) is 6.54 Å². The summed E-state index contributed by atoms with van der Waals surface area (Å²) < 4.78 is 1.82. The average molecular weight is 360 g/mol. The highest BCUT2D eigenvalue weighted by molar-refractivity contribution is 5.95. The van der Waals surface area contributed by atoms with Crippen LogP contribution >= 0.6 is 0 Å². The molecule has 1 aliphatic heterocycles. The summed E-state index contributed by atoms with van der Waals surface area (Å²) in [7, 11) is 0. The molecule has 3 aromatic rings. The Morgan fingerprint density at radius 1 is 1.00 bits per heavy atom. The molecule has 0 saturated carbocycles. The first-order valence-corrected chi connectivity index (χ1v) is 9.61. The monoisotopic (exact) mass is 360 g/mol. The first kappa shape index (κ1) is 17.5. The highest BCUT2D eigenvalue weighted by Gasteiger charge is 2.27. The smallest absolute Gasteiger partial charge is 0.254 e. The third-order valence-electron chi connectivity index (χ3n) is 5.31. The number of rotatable bonds is 5. The van der Waals surface area contributed by atoms with Gasteiger partial charge in [0.15, 0.2) is 0 Å². The number of piperidine rings is 1. The lowest BCUT2D eigenvalue weighted by atomic mass is 9.95. The summed E-state index contributed by atoms with van der Waals surface area (Å²) >= 11 is 0. The topological polar surface area (TPSA) is 51.0 Å². The van der Waals surface area contributed by atoms with Crippen LogP contribution in [0.2, 0.25) is 0 Å². The fourth-order valence-electron chi connectivity index (χ4n) is 3.85. The molecule has 0 unspecified atom stereocenters. The molecule has 1 saturated heterocycles. The van der Waals surface area contributed by atoms with Crippen molar-refractivity contribution >= 4 is 5.91 Å². The second-order valence-electron chi connectivity index (χ2n) is 7.09. The summed E-state index contributed by atoms with van der Waals surface area (Å²) in [6, 6.07) is 18.6. The predicted molar refractivity (Wildman–Crippen MR) is 105 cm³/mol. The molecule has 1 aliphatic rings. The Kier molecular flexibility index (Phi) is 5.28. The largest absolute Gasteiger partial charge is 0.336 e. The van der Waals surface area contributed by atoms with Crippen LogP contribution < -0.4 is 0 Å². The molecule has 0 bridgehead atoms. The van der Waals surface area contributed by atoms with E-state index in [0.29, 0.717) is 6.04 Å². The molecule has 1 aromatic heterocycles. The van der Waals surface area contributed by atoms with E-state index in [9.17, 15) is 4.79 Å². The van der Waals surface area contributed by atoms with E-state index in [1.807, 2.05) is 34.9 Å². The van der Waals surface area contributed by atoms with Crippen LogP contribution in [0.25, 0.3) is 5.69 Å². The Hall–Kier alpha value is -2.95. The van der Waals surface area contributed by atoms with E-state index in [0.717, 1.165) is 43.5 Å². The second kappa shape index (κ2) is 8.16. The highest BCUT2D eigenvalue weighted by Crippen LogP contribution is 2.24. The van der Waals surface area contributed by atoms with Crippen molar-refractivity contribution in [1.29, 1.82) is 0 Å². The van der Waals surface area contributed by atoms with Crippen LogP contribution in [0.1, 0.15) is 41.6 Å². The van der Waals surface area contributed by atoms with E-state index >= 15 is 0 Å². The number of likely N-dealkylation sites (tertiary alicyclic amines) is 1. The molecule has 0 N–H and O–H groups in total. The Balaban J connectivity index is 1.49. The molecule has 2 heterocycles. The standard InChI is InChI=1S/C22H24N4O/c27-22(19-9-6-11-21(15-19)25-16-23-24-17-25)26-14-5-4-10-20(26)13-12-18-7-2-1-3-8-18/h1-3,6-9,11,15-17,20H,4-5,10,12-14H2/t20-/m1/s1. The van der Waals surface area contributed by atoms with Crippen LogP contribution in [0, 0.1) is 0 Å². The van der Waals surface area contributed by atoms with E-state index in [1.54, 1.807) is 12.7 Å². The zero-order chi connectivity index (χ0) is 18.5. The molecule has 0 aliphatic carbocycles. The third-order valence-corrected chi connectivity index (χ3v) is 5.31. The SMILES string of the molecule is O=C(c1cccc(-n2cnnc2)c1)N1CCCC[C@@H]1CCc1ccccc1. The zero-order valence-electron chi connectivity index (χ0n) is 15.4. The fourth-order valence-corrected chi connectivity index (χ4v) is 3.85. The van der Waals surface area contributed by atoms with Gasteiger partial charge in [0, 0.05) is 23.8 Å². The van der Waals surface area contributed by atoms with Crippen LogP contribution in [0.5, 0.6) is 0 Å². The lowest BCUT2D eigenvalue weighted by Crippen LogP contribution is -2.44. The maximum absolute atomic E-state index is 13.2. The number of amides is 1. The van der Waals surface area contributed by atoms with E-state index in [4.69, 9.17) is 0 Å². The lowest BCUT2D eigenvalue weighted by Gasteiger charge is -2.36. The van der Waals surface area contributed by atoms with Crippen molar-refractivity contribution in [1.82, 2.24) is 19.7 Å². The lowest BCUT2D eigenvalue weighted by molar-refractivity contribution is 0.0602. The van der Waals surface area contributed by atoms with Crippen LogP contribution in [0.4, 0.5) is 0 Å². The summed E-state index contributed by atoms with van der Waals surface area (Å²) in [6.45, 7) is 0.842. The van der Waals surface area contributed by atoms with Gasteiger partial charge in [-0.2, -0.15) is 0 Å². The summed E-state index contributed by atoms with van der Waals surface area (Å²) in [4.78, 5) is 15.3. The maximum atomic E-state index is 13.2. The molecule has 1 atom stereocenters. The second-order valence-corrected chi connectivity index (χ2v) is 7.09. The average Bonchev–Trinajstić information content (AvgIpc) is 3.28. The molecule has 138 valence electrons. The highest BCUT2D eigenvalue weighted by atomic mass is 16.2. The van der Waals surface area contributed by atoms with Gasteiger partial charge in [0.25, 0.3) is 5.91 Å². The van der Waals surface area contributed by atoms with E-state index in [1.165, 1.54) is 12.0 Å². The van der Waals surface area contributed by atoms with Crippen LogP contribution in [-0.4, -0.2) is 38.2 Å². The molecule has 0 spiro atoms. The number of carbonyl (C=O) groups excluding carboxylic acids is 1. The Labute approximate surface area is 159 Å². The zero-order valence-corrected chi connectivity index (χ0v) is 15.4. The third kappa shape index (κ3) is 4.08. The summed E-state index contributed by atoms with van der Waals surface area (Å²) in [5.41, 5.74) is 2.97. The van der Waals surface area contributed by atoms with Gasteiger partial charge in [-0.05, 0) is 55.9 Å². The van der Waals surface area contributed by atoms with Gasteiger partial charge < -0.3 is 4.90 Å². The molecule has 1 amide bonds. The Morgan fingerprint density at radius 2 is 1.81 bits per heavy atom. The van der Waals surface area contributed by atoms with Crippen molar-refractivity contribution in [2.24, 2.45) is 0 Å². The van der Waals surface area contributed by atoms with Crippen LogP contribution in [0.3, 0.4) is 0 Å².